The summed E-state index contributed by atoms with van der Waals surface area (Å²) in [6, 6.07) is 19.6. The zero-order chi connectivity index (χ0) is 20.9. The largest absolute Gasteiger partial charge is 0.368 e. The lowest BCUT2D eigenvalue weighted by molar-refractivity contribution is 0.643. The first-order valence-corrected chi connectivity index (χ1v) is 11.2. The first kappa shape index (κ1) is 18.3. The predicted octanol–water partition coefficient (Wildman–Crippen LogP) is 4.48. The Hall–Kier alpha value is -3.52. The third kappa shape index (κ3) is 2.79. The zero-order valence-corrected chi connectivity index (χ0v) is 17.8. The van der Waals surface area contributed by atoms with Gasteiger partial charge in [-0.2, -0.15) is 5.26 Å². The number of nitriles is 1. The minimum absolute atomic E-state index is 0.769. The molecule has 0 unspecified atom stereocenters. The van der Waals surface area contributed by atoms with E-state index in [-0.39, 0.29) is 0 Å². The number of para-hydroxylation sites is 2. The molecule has 2 aliphatic rings. The molecular weight excluding hydrogens is 382 g/mol. The molecule has 0 atom stereocenters. The van der Waals surface area contributed by atoms with E-state index in [1.807, 2.05) is 12.1 Å². The Morgan fingerprint density at radius 3 is 2.35 bits per heavy atom. The van der Waals surface area contributed by atoms with E-state index in [9.17, 15) is 5.26 Å². The maximum atomic E-state index is 9.98. The monoisotopic (exact) mass is 407 g/mol. The first-order valence-electron chi connectivity index (χ1n) is 11.2. The Kier molecular flexibility index (Phi) is 4.14. The van der Waals surface area contributed by atoms with E-state index in [0.29, 0.717) is 0 Å². The van der Waals surface area contributed by atoms with E-state index in [2.05, 4.69) is 63.6 Å². The zero-order valence-electron chi connectivity index (χ0n) is 17.8. The Morgan fingerprint density at radius 2 is 1.58 bits per heavy atom. The molecule has 4 aromatic rings. The number of hydrogen-bond acceptors (Lipinski definition) is 4. The lowest BCUT2D eigenvalue weighted by Crippen LogP contribution is -2.47. The van der Waals surface area contributed by atoms with Crippen LogP contribution in [0.25, 0.3) is 16.7 Å². The Balaban J connectivity index is 1.46. The van der Waals surface area contributed by atoms with Gasteiger partial charge in [0.05, 0.1) is 16.6 Å². The minimum Gasteiger partial charge on any atom is -0.368 e. The molecule has 5 heteroatoms. The number of piperazine rings is 1. The second kappa shape index (κ2) is 7.02. The highest BCUT2D eigenvalue weighted by molar-refractivity contribution is 5.86. The summed E-state index contributed by atoms with van der Waals surface area (Å²) in [5, 5.41) is 9.98. The van der Waals surface area contributed by atoms with Gasteiger partial charge in [0.15, 0.2) is 5.65 Å². The third-order valence-corrected chi connectivity index (χ3v) is 6.88. The van der Waals surface area contributed by atoms with E-state index in [1.54, 1.807) is 0 Å². The van der Waals surface area contributed by atoms with Crippen LogP contribution in [-0.2, 0) is 12.8 Å². The molecule has 1 saturated heterocycles. The van der Waals surface area contributed by atoms with Gasteiger partial charge in [-0.25, -0.2) is 4.98 Å². The molecule has 0 spiro atoms. The summed E-state index contributed by atoms with van der Waals surface area (Å²) in [5.41, 5.74) is 8.82. The normalized spacial score (nSPS) is 16.1. The van der Waals surface area contributed by atoms with Crippen molar-refractivity contribution in [3.63, 3.8) is 0 Å². The maximum Gasteiger partial charge on any atom is 0.157 e. The number of imidazole rings is 1. The molecule has 2 aromatic carbocycles. The van der Waals surface area contributed by atoms with E-state index >= 15 is 0 Å². The second-order valence-corrected chi connectivity index (χ2v) is 8.69. The van der Waals surface area contributed by atoms with Gasteiger partial charge < -0.3 is 9.80 Å². The molecular formula is C26H25N5. The van der Waals surface area contributed by atoms with Crippen molar-refractivity contribution in [2.75, 3.05) is 36.0 Å². The number of aryl methyl sites for hydroxylation is 1. The number of nitrogens with zero attached hydrogens (tertiary/aromatic N) is 5. The minimum atomic E-state index is 0.769. The van der Waals surface area contributed by atoms with Crippen molar-refractivity contribution >= 4 is 28.2 Å². The molecule has 2 aromatic heterocycles. The van der Waals surface area contributed by atoms with Crippen LogP contribution in [0.4, 0.5) is 11.5 Å². The molecule has 3 heterocycles. The van der Waals surface area contributed by atoms with Gasteiger partial charge in [-0.15, -0.1) is 0 Å². The summed E-state index contributed by atoms with van der Waals surface area (Å²) in [4.78, 5) is 9.89. The lowest BCUT2D eigenvalue weighted by atomic mass is 10.0. The SMILES string of the molecule is Cc1ccc(N2CCN(c3c4c(c(C#N)c5nc6ccccc6n35)CCC4)CC2)cc1. The van der Waals surface area contributed by atoms with Gasteiger partial charge in [0, 0.05) is 31.9 Å². The molecule has 1 aliphatic heterocycles. The van der Waals surface area contributed by atoms with Crippen LogP contribution in [0.2, 0.25) is 0 Å². The van der Waals surface area contributed by atoms with Crippen LogP contribution in [0, 0.1) is 18.3 Å². The second-order valence-electron chi connectivity index (χ2n) is 8.69. The van der Waals surface area contributed by atoms with Gasteiger partial charge in [0.25, 0.3) is 0 Å². The molecule has 0 radical (unpaired) electrons. The summed E-state index contributed by atoms with van der Waals surface area (Å²) >= 11 is 0. The average Bonchev–Trinajstić information content (AvgIpc) is 3.43. The van der Waals surface area contributed by atoms with Crippen LogP contribution in [0.1, 0.15) is 28.7 Å². The van der Waals surface area contributed by atoms with Crippen LogP contribution < -0.4 is 9.80 Å². The van der Waals surface area contributed by atoms with Crippen LogP contribution in [0.5, 0.6) is 0 Å². The van der Waals surface area contributed by atoms with E-state index in [0.717, 1.165) is 67.7 Å². The highest BCUT2D eigenvalue weighted by Gasteiger charge is 2.30. The van der Waals surface area contributed by atoms with Crippen LogP contribution in [-0.4, -0.2) is 35.6 Å². The quantitative estimate of drug-likeness (QED) is 0.491. The number of fused-ring (bicyclic) bond motifs is 4. The maximum absolute atomic E-state index is 9.98. The van der Waals surface area contributed by atoms with Crippen molar-refractivity contribution < 1.29 is 0 Å². The standard InChI is InChI=1S/C26H25N5/c1-18-9-11-19(12-10-18)29-13-15-30(16-14-29)26-21-6-4-5-20(21)22(17-27)25-28-23-7-2-3-8-24(23)31(25)26/h2-3,7-12H,4-6,13-16H2,1H3. The summed E-state index contributed by atoms with van der Waals surface area (Å²) in [5.74, 6) is 1.26. The third-order valence-electron chi connectivity index (χ3n) is 6.88. The average molecular weight is 408 g/mol. The molecule has 6 rings (SSSR count). The van der Waals surface area contributed by atoms with Gasteiger partial charge in [-0.05, 0) is 61.6 Å². The van der Waals surface area contributed by atoms with E-state index in [4.69, 9.17) is 4.98 Å². The highest BCUT2D eigenvalue weighted by atomic mass is 15.3. The van der Waals surface area contributed by atoms with Crippen LogP contribution in [0.15, 0.2) is 48.5 Å². The molecule has 31 heavy (non-hydrogen) atoms. The van der Waals surface area contributed by atoms with Gasteiger partial charge in [0.2, 0.25) is 0 Å². The Labute approximate surface area is 182 Å². The van der Waals surface area contributed by atoms with Gasteiger partial charge in [-0.3, -0.25) is 4.40 Å². The molecule has 1 aliphatic carbocycles. The van der Waals surface area contributed by atoms with Crippen molar-refractivity contribution in [2.24, 2.45) is 0 Å². The molecule has 0 N–H and O–H groups in total. The number of pyridine rings is 1. The molecule has 0 amide bonds. The van der Waals surface area contributed by atoms with Gasteiger partial charge in [0.1, 0.15) is 11.9 Å². The summed E-state index contributed by atoms with van der Waals surface area (Å²) in [6.07, 6.45) is 3.14. The number of benzene rings is 2. The fourth-order valence-electron chi connectivity index (χ4n) is 5.33. The smallest absolute Gasteiger partial charge is 0.157 e. The van der Waals surface area contributed by atoms with E-state index in [1.165, 1.54) is 28.2 Å². The summed E-state index contributed by atoms with van der Waals surface area (Å²) in [6.45, 7) is 6.05. The van der Waals surface area contributed by atoms with Gasteiger partial charge in [-0.1, -0.05) is 29.8 Å². The lowest BCUT2D eigenvalue weighted by Gasteiger charge is -2.38. The Morgan fingerprint density at radius 1 is 0.871 bits per heavy atom. The van der Waals surface area contributed by atoms with Crippen molar-refractivity contribution in [2.45, 2.75) is 26.2 Å². The van der Waals surface area contributed by atoms with Crippen molar-refractivity contribution in [1.29, 1.82) is 5.26 Å². The van der Waals surface area contributed by atoms with Gasteiger partial charge >= 0.3 is 0 Å². The fraction of sp³-hybridized carbons (Fsp3) is 0.308. The molecule has 154 valence electrons. The van der Waals surface area contributed by atoms with Crippen molar-refractivity contribution in [1.82, 2.24) is 9.38 Å². The number of anilines is 2. The highest BCUT2D eigenvalue weighted by Crippen LogP contribution is 2.38. The number of aromatic nitrogens is 2. The van der Waals surface area contributed by atoms with E-state index < -0.39 is 0 Å². The van der Waals surface area contributed by atoms with Crippen molar-refractivity contribution in [3.05, 3.63) is 70.8 Å². The molecule has 1 fully saturated rings. The molecule has 5 nitrogen and oxygen atoms in total. The van der Waals surface area contributed by atoms with Crippen LogP contribution in [0.3, 0.4) is 0 Å². The molecule has 0 saturated carbocycles. The number of hydrogen-bond donors (Lipinski definition) is 0. The van der Waals surface area contributed by atoms with Crippen LogP contribution >= 0.6 is 0 Å². The predicted molar refractivity (Wildman–Crippen MR) is 125 cm³/mol. The summed E-state index contributed by atoms with van der Waals surface area (Å²) in [7, 11) is 0. The number of rotatable bonds is 2. The first-order chi connectivity index (χ1) is 15.2. The topological polar surface area (TPSA) is 47.6 Å². The van der Waals surface area contributed by atoms with Crippen molar-refractivity contribution in [3.8, 4) is 6.07 Å². The fourth-order valence-corrected chi connectivity index (χ4v) is 5.33. The Bertz CT molecular complexity index is 1330. The molecule has 0 bridgehead atoms. The summed E-state index contributed by atoms with van der Waals surface area (Å²) < 4.78 is 2.26.